The van der Waals surface area contributed by atoms with E-state index in [9.17, 15) is 73.3 Å². The minimum absolute atomic E-state index is 0. The second kappa shape index (κ2) is 21.3. The molecule has 8 nitrogen and oxygen atoms in total. The van der Waals surface area contributed by atoms with Crippen LogP contribution in [0.1, 0.15) is 93.9 Å². The van der Waals surface area contributed by atoms with Crippen molar-refractivity contribution in [3.63, 3.8) is 0 Å². The molecule has 0 aliphatic carbocycles. The van der Waals surface area contributed by atoms with Crippen molar-refractivity contribution in [3.05, 3.63) is 0 Å². The number of aliphatic hydroxyl groups is 2. The van der Waals surface area contributed by atoms with E-state index >= 15 is 0 Å². The largest absolute Gasteiger partial charge is 2.00 e. The number of halogens is 10. The van der Waals surface area contributed by atoms with Crippen LogP contribution in [-0.2, 0) is 45.4 Å². The SMILES string of the molecule is CCC(C(=O)CC(=O)[O-])C(F)(F)C(F)(F)F.CCC(C(=O)CC(=O)[O-])C(F)(F)C(F)(F)F.CCC(C)(C)O.CCC(C)(C)O.[Zr+2]. The summed E-state index contributed by atoms with van der Waals surface area (Å²) in [5.41, 5.74) is -0.917. The summed E-state index contributed by atoms with van der Waals surface area (Å²) in [4.78, 5) is 41.7. The monoisotopic (exact) mass is 760 g/mol. The molecule has 2 atom stereocenters. The number of hydrogen-bond donors (Lipinski definition) is 2. The van der Waals surface area contributed by atoms with Gasteiger partial charge in [0.25, 0.3) is 0 Å². The van der Waals surface area contributed by atoms with E-state index in [1.54, 1.807) is 27.7 Å². The average Bonchev–Trinajstić information content (AvgIpc) is 2.77. The zero-order valence-electron chi connectivity index (χ0n) is 26.0. The van der Waals surface area contributed by atoms with Crippen LogP contribution >= 0.6 is 0 Å². The Bertz CT molecular complexity index is 822. The van der Waals surface area contributed by atoms with E-state index in [2.05, 4.69) is 0 Å². The second-order valence-electron chi connectivity index (χ2n) is 10.5. The molecular formula is C26H40F10O8Zr. The Morgan fingerprint density at radius 1 is 0.556 bits per heavy atom. The summed E-state index contributed by atoms with van der Waals surface area (Å²) < 4.78 is 122. The topological polar surface area (TPSA) is 155 Å². The number of alkyl halides is 10. The molecule has 45 heavy (non-hydrogen) atoms. The standard InChI is InChI=1S/2C8H9F5O3.2C5H12O.Zr/c2*1-2-4(5(14)3-6(15)16)7(9,10)8(11,12)13;2*1-4-5(2,3)6;/h2*4H,2-3H2,1H3,(H,15,16);2*6H,4H2,1-3H3;/q;;;;+2/p-2. The molecule has 0 aliphatic heterocycles. The van der Waals surface area contributed by atoms with Crippen molar-refractivity contribution >= 4 is 23.5 Å². The Kier molecular flexibility index (Phi) is 25.0. The molecule has 2 unspecified atom stereocenters. The molecule has 19 heteroatoms. The van der Waals surface area contributed by atoms with Crippen molar-refractivity contribution in [3.8, 4) is 0 Å². The number of Topliss-reactive ketones (excluding diaryl/α,β-unsaturated/α-hetero) is 2. The summed E-state index contributed by atoms with van der Waals surface area (Å²) in [6, 6.07) is 0. The van der Waals surface area contributed by atoms with Crippen molar-refractivity contribution in [2.75, 3.05) is 0 Å². The third kappa shape index (κ3) is 23.4. The first-order chi connectivity index (χ1) is 19.2. The van der Waals surface area contributed by atoms with Gasteiger partial charge in [-0.25, -0.2) is 0 Å². The molecule has 0 saturated carbocycles. The van der Waals surface area contributed by atoms with Crippen LogP contribution in [0.3, 0.4) is 0 Å². The van der Waals surface area contributed by atoms with Gasteiger partial charge in [0, 0.05) is 24.8 Å². The van der Waals surface area contributed by atoms with Crippen LogP contribution in [0, 0.1) is 11.8 Å². The van der Waals surface area contributed by atoms with E-state index in [0.717, 1.165) is 26.7 Å². The molecule has 0 aromatic rings. The van der Waals surface area contributed by atoms with Gasteiger partial charge in [-0.15, -0.1) is 0 Å². The van der Waals surface area contributed by atoms with Gasteiger partial charge in [0.1, 0.15) is 11.6 Å². The van der Waals surface area contributed by atoms with Crippen molar-refractivity contribution in [2.45, 2.75) is 129 Å². The number of carbonyl (C=O) groups is 4. The van der Waals surface area contributed by atoms with Crippen LogP contribution in [0.5, 0.6) is 0 Å². The van der Waals surface area contributed by atoms with Crippen LogP contribution in [0.15, 0.2) is 0 Å². The van der Waals surface area contributed by atoms with Crippen molar-refractivity contribution in [1.29, 1.82) is 0 Å². The fraction of sp³-hybridized carbons (Fsp3) is 0.846. The molecule has 0 saturated heterocycles. The van der Waals surface area contributed by atoms with E-state index in [0.29, 0.717) is 0 Å². The number of carboxylic acid groups (broad SMARTS) is 2. The number of carboxylic acids is 2. The van der Waals surface area contributed by atoms with E-state index in [1.807, 2.05) is 13.8 Å². The number of ketones is 2. The van der Waals surface area contributed by atoms with E-state index in [4.69, 9.17) is 10.2 Å². The van der Waals surface area contributed by atoms with Crippen LogP contribution in [0.25, 0.3) is 0 Å². The van der Waals surface area contributed by atoms with Crippen LogP contribution in [0.2, 0.25) is 0 Å². The van der Waals surface area contributed by atoms with Crippen molar-refractivity contribution in [1.82, 2.24) is 0 Å². The molecule has 2 N–H and O–H groups in total. The second-order valence-corrected chi connectivity index (χ2v) is 10.5. The number of hydrogen-bond acceptors (Lipinski definition) is 8. The molecule has 0 amide bonds. The zero-order valence-corrected chi connectivity index (χ0v) is 28.5. The molecule has 0 spiro atoms. The predicted molar refractivity (Wildman–Crippen MR) is 132 cm³/mol. The molecule has 0 fully saturated rings. The molecule has 0 aliphatic rings. The van der Waals surface area contributed by atoms with Gasteiger partial charge < -0.3 is 30.0 Å². The summed E-state index contributed by atoms with van der Waals surface area (Å²) in [6.45, 7) is 13.0. The zero-order chi connectivity index (χ0) is 36.7. The van der Waals surface area contributed by atoms with Gasteiger partial charge in [0.2, 0.25) is 0 Å². The minimum Gasteiger partial charge on any atom is -0.550 e. The van der Waals surface area contributed by atoms with Gasteiger partial charge in [0.15, 0.2) is 0 Å². The van der Waals surface area contributed by atoms with Gasteiger partial charge in [-0.2, -0.15) is 43.9 Å². The van der Waals surface area contributed by atoms with Crippen molar-refractivity contribution in [2.24, 2.45) is 11.8 Å². The Hall–Kier alpha value is -1.62. The summed E-state index contributed by atoms with van der Waals surface area (Å²) in [5.74, 6) is -23.2. The maximum absolute atomic E-state index is 12.7. The molecule has 0 aromatic carbocycles. The summed E-state index contributed by atoms with van der Waals surface area (Å²) in [7, 11) is 0. The fourth-order valence-corrected chi connectivity index (χ4v) is 2.30. The first-order valence-corrected chi connectivity index (χ1v) is 13.0. The van der Waals surface area contributed by atoms with Gasteiger partial charge in [-0.05, 0) is 53.4 Å². The Morgan fingerprint density at radius 3 is 0.822 bits per heavy atom. The molecule has 0 radical (unpaired) electrons. The normalized spacial score (nSPS) is 13.6. The maximum Gasteiger partial charge on any atom is 2.00 e. The molecule has 0 heterocycles. The summed E-state index contributed by atoms with van der Waals surface area (Å²) in [6.07, 6.45) is -14.6. The number of carbonyl (C=O) groups excluding carboxylic acids is 4. The van der Waals surface area contributed by atoms with Gasteiger partial charge in [0.05, 0.1) is 23.0 Å². The Labute approximate surface area is 274 Å². The smallest absolute Gasteiger partial charge is 0.550 e. The first-order valence-electron chi connectivity index (χ1n) is 13.0. The van der Waals surface area contributed by atoms with Crippen LogP contribution in [-0.4, -0.2) is 69.1 Å². The maximum atomic E-state index is 12.7. The molecule has 266 valence electrons. The molecule has 0 rings (SSSR count). The molecule has 0 aromatic heterocycles. The Balaban J connectivity index is -0.000000172. The number of aliphatic carboxylic acids is 2. The van der Waals surface area contributed by atoms with E-state index in [1.165, 1.54) is 0 Å². The van der Waals surface area contributed by atoms with Crippen LogP contribution in [0.4, 0.5) is 43.9 Å². The fourth-order valence-electron chi connectivity index (χ4n) is 2.30. The third-order valence-corrected chi connectivity index (χ3v) is 5.59. The summed E-state index contributed by atoms with van der Waals surface area (Å²) >= 11 is 0. The predicted octanol–water partition coefficient (Wildman–Crippen LogP) is 4.17. The number of rotatable bonds is 12. The minimum atomic E-state index is -5.88. The van der Waals surface area contributed by atoms with Gasteiger partial charge in [-0.3, -0.25) is 9.59 Å². The van der Waals surface area contributed by atoms with E-state index in [-0.39, 0.29) is 26.2 Å². The van der Waals surface area contributed by atoms with Crippen LogP contribution < -0.4 is 10.2 Å². The third-order valence-electron chi connectivity index (χ3n) is 5.59. The summed E-state index contributed by atoms with van der Waals surface area (Å²) in [5, 5.41) is 37.6. The molecule has 0 bridgehead atoms. The van der Waals surface area contributed by atoms with Gasteiger partial charge >= 0.3 is 50.4 Å². The van der Waals surface area contributed by atoms with E-state index < -0.39 is 96.4 Å². The Morgan fingerprint density at radius 2 is 0.733 bits per heavy atom. The van der Waals surface area contributed by atoms with Gasteiger partial charge in [-0.1, -0.05) is 27.7 Å². The quantitative estimate of drug-likeness (QED) is 0.222. The van der Waals surface area contributed by atoms with Crippen molar-refractivity contribution < 1.29 is 110 Å². The first kappa shape index (κ1) is 52.9. The molecular weight excluding hydrogens is 721 g/mol. The average molecular weight is 762 g/mol.